The molecule has 0 aliphatic heterocycles. The van der Waals surface area contributed by atoms with Gasteiger partial charge in [0, 0.05) is 17.1 Å². The molecule has 0 amide bonds. The monoisotopic (exact) mass is 462 g/mol. The van der Waals surface area contributed by atoms with Gasteiger partial charge in [-0.15, -0.1) is 0 Å². The van der Waals surface area contributed by atoms with Gasteiger partial charge in [0.1, 0.15) is 6.61 Å². The fourth-order valence-electron chi connectivity index (χ4n) is 2.15. The largest absolute Gasteiger partial charge is 1.00 e. The van der Waals surface area contributed by atoms with Gasteiger partial charge >= 0.3 is 0 Å². The van der Waals surface area contributed by atoms with Gasteiger partial charge < -0.3 is 32.3 Å². The molecule has 0 bridgehead atoms. The van der Waals surface area contributed by atoms with Crippen molar-refractivity contribution in [3.63, 3.8) is 0 Å². The fourth-order valence-corrected chi connectivity index (χ4v) is 2.88. The summed E-state index contributed by atoms with van der Waals surface area (Å²) < 4.78 is 12.2. The van der Waals surface area contributed by atoms with E-state index in [-0.39, 0.29) is 24.6 Å². The van der Waals surface area contributed by atoms with Crippen molar-refractivity contribution in [3.05, 3.63) is 57.0 Å². The number of aliphatic hydroxyl groups excluding tert-OH is 1. The molecule has 144 valence electrons. The van der Waals surface area contributed by atoms with Gasteiger partial charge in [0.15, 0.2) is 11.5 Å². The third-order valence-electron chi connectivity index (χ3n) is 3.75. The lowest BCUT2D eigenvalue weighted by Gasteiger charge is -2.24. The van der Waals surface area contributed by atoms with Crippen LogP contribution >= 0.6 is 27.5 Å². The number of halogens is 3. The lowest BCUT2D eigenvalue weighted by atomic mass is 10.1. The van der Waals surface area contributed by atoms with Crippen molar-refractivity contribution in [3.8, 4) is 11.5 Å². The topological polar surface area (TPSA) is 50.7 Å². The number of ether oxygens (including phenoxy) is 2. The molecule has 2 aromatic rings. The van der Waals surface area contributed by atoms with Gasteiger partial charge in [0.25, 0.3) is 0 Å². The van der Waals surface area contributed by atoms with Gasteiger partial charge in [-0.1, -0.05) is 23.7 Å². The molecule has 0 spiro atoms. The third-order valence-corrected chi connectivity index (χ3v) is 4.59. The SMILES string of the molecule is COc1cc(CNC(C)(C)CO)cc(Br)c1OCc1ccc(Cl)cc1.[Cl-]. The first-order chi connectivity index (χ1) is 11.8. The van der Waals surface area contributed by atoms with E-state index in [9.17, 15) is 5.11 Å². The zero-order valence-corrected chi connectivity index (χ0v) is 18.1. The van der Waals surface area contributed by atoms with Gasteiger partial charge in [-0.2, -0.15) is 0 Å². The highest BCUT2D eigenvalue weighted by molar-refractivity contribution is 9.10. The van der Waals surface area contributed by atoms with E-state index < -0.39 is 0 Å². The fraction of sp³-hybridized carbons (Fsp3) is 0.368. The minimum absolute atomic E-state index is 0. The molecule has 2 aromatic carbocycles. The Kier molecular flexibility index (Phi) is 9.21. The lowest BCUT2D eigenvalue weighted by Crippen LogP contribution is -3.00. The molecule has 0 unspecified atom stereocenters. The van der Waals surface area contributed by atoms with Crippen LogP contribution in [0, 0.1) is 0 Å². The number of rotatable bonds is 8. The van der Waals surface area contributed by atoms with E-state index >= 15 is 0 Å². The molecule has 2 N–H and O–H groups in total. The van der Waals surface area contributed by atoms with Gasteiger partial charge in [-0.25, -0.2) is 0 Å². The maximum absolute atomic E-state index is 9.34. The van der Waals surface area contributed by atoms with Crippen LogP contribution in [-0.4, -0.2) is 24.4 Å². The smallest absolute Gasteiger partial charge is 0.175 e. The first-order valence-electron chi connectivity index (χ1n) is 7.94. The Morgan fingerprint density at radius 3 is 2.38 bits per heavy atom. The molecule has 26 heavy (non-hydrogen) atoms. The summed E-state index contributed by atoms with van der Waals surface area (Å²) in [7, 11) is 1.62. The zero-order chi connectivity index (χ0) is 18.4. The summed E-state index contributed by atoms with van der Waals surface area (Å²) in [6, 6.07) is 11.5. The molecule has 0 atom stereocenters. The van der Waals surface area contributed by atoms with Crippen LogP contribution in [0.15, 0.2) is 40.9 Å². The minimum atomic E-state index is -0.344. The van der Waals surface area contributed by atoms with Gasteiger partial charge in [0.05, 0.1) is 18.2 Å². The van der Waals surface area contributed by atoms with Gasteiger partial charge in [-0.05, 0) is 65.2 Å². The maximum Gasteiger partial charge on any atom is 0.175 e. The summed E-state index contributed by atoms with van der Waals surface area (Å²) in [5.74, 6) is 1.31. The second-order valence-corrected chi connectivity index (χ2v) is 7.71. The Morgan fingerprint density at radius 2 is 1.81 bits per heavy atom. The van der Waals surface area contributed by atoms with E-state index in [1.165, 1.54) is 0 Å². The molecule has 0 heterocycles. The molecule has 2 rings (SSSR count). The van der Waals surface area contributed by atoms with E-state index in [2.05, 4.69) is 21.2 Å². The van der Waals surface area contributed by atoms with Gasteiger partial charge in [-0.3, -0.25) is 0 Å². The third kappa shape index (κ3) is 6.63. The number of hydrogen-bond donors (Lipinski definition) is 2. The summed E-state index contributed by atoms with van der Waals surface area (Å²) in [5, 5.41) is 13.3. The zero-order valence-electron chi connectivity index (χ0n) is 15.0. The van der Waals surface area contributed by atoms with Crippen LogP contribution in [0.2, 0.25) is 5.02 Å². The Labute approximate surface area is 174 Å². The number of hydrogen-bond acceptors (Lipinski definition) is 4. The van der Waals surface area contributed by atoms with Crippen molar-refractivity contribution in [2.24, 2.45) is 0 Å². The summed E-state index contributed by atoms with van der Waals surface area (Å²) in [4.78, 5) is 0. The van der Waals surface area contributed by atoms with Crippen LogP contribution < -0.4 is 27.2 Å². The van der Waals surface area contributed by atoms with Crippen molar-refractivity contribution in [1.29, 1.82) is 0 Å². The molecule has 0 radical (unpaired) electrons. The van der Waals surface area contributed by atoms with E-state index in [1.807, 2.05) is 50.2 Å². The van der Waals surface area contributed by atoms with Crippen LogP contribution in [0.5, 0.6) is 11.5 Å². The molecule has 0 aliphatic carbocycles. The van der Waals surface area contributed by atoms with E-state index in [0.717, 1.165) is 15.6 Å². The number of aliphatic hydroxyl groups is 1. The van der Waals surface area contributed by atoms with Crippen molar-refractivity contribution < 1.29 is 27.0 Å². The second-order valence-electron chi connectivity index (χ2n) is 6.42. The summed E-state index contributed by atoms with van der Waals surface area (Å²) >= 11 is 9.46. The molecular weight excluding hydrogens is 441 g/mol. The highest BCUT2D eigenvalue weighted by atomic mass is 79.9. The maximum atomic E-state index is 9.34. The molecule has 0 saturated heterocycles. The van der Waals surface area contributed by atoms with E-state index in [0.29, 0.717) is 29.7 Å². The van der Waals surface area contributed by atoms with Crippen molar-refractivity contribution in [2.45, 2.75) is 32.5 Å². The van der Waals surface area contributed by atoms with E-state index in [4.69, 9.17) is 21.1 Å². The first kappa shape index (κ1) is 23.1. The average Bonchev–Trinajstić information content (AvgIpc) is 2.60. The Morgan fingerprint density at radius 1 is 1.15 bits per heavy atom. The quantitative estimate of drug-likeness (QED) is 0.623. The summed E-state index contributed by atoms with van der Waals surface area (Å²) in [6.07, 6.45) is 0. The summed E-state index contributed by atoms with van der Waals surface area (Å²) in [6.45, 7) is 4.99. The number of nitrogens with one attached hydrogen (secondary N) is 1. The Bertz CT molecular complexity index is 709. The number of benzene rings is 2. The predicted molar refractivity (Wildman–Crippen MR) is 104 cm³/mol. The van der Waals surface area contributed by atoms with Crippen LogP contribution in [-0.2, 0) is 13.2 Å². The van der Waals surface area contributed by atoms with Crippen LogP contribution in [0.3, 0.4) is 0 Å². The molecular formula is C19H23BrCl2NO3-. The second kappa shape index (κ2) is 10.4. The average molecular weight is 464 g/mol. The van der Waals surface area contributed by atoms with Gasteiger partial charge in [0.2, 0.25) is 0 Å². The Hall–Kier alpha value is -0.980. The summed E-state index contributed by atoms with van der Waals surface area (Å²) in [5.41, 5.74) is 1.71. The van der Waals surface area contributed by atoms with Crippen LogP contribution in [0.25, 0.3) is 0 Å². The van der Waals surface area contributed by atoms with Crippen LogP contribution in [0.1, 0.15) is 25.0 Å². The normalized spacial score (nSPS) is 11.0. The standard InChI is InChI=1S/C19H23BrClNO3.ClH/c1-19(2,12-23)22-10-14-8-16(20)18(17(9-14)24-3)25-11-13-4-6-15(21)7-5-13;/h4-9,22-23H,10-12H2,1-3H3;1H/p-1. The predicted octanol–water partition coefficient (Wildman–Crippen LogP) is 1.55. The molecule has 7 heteroatoms. The van der Waals surface area contributed by atoms with E-state index in [1.54, 1.807) is 7.11 Å². The van der Waals surface area contributed by atoms with Crippen molar-refractivity contribution in [1.82, 2.24) is 5.32 Å². The highest BCUT2D eigenvalue weighted by Crippen LogP contribution is 2.37. The molecule has 4 nitrogen and oxygen atoms in total. The molecule has 0 aliphatic rings. The van der Waals surface area contributed by atoms with Crippen LogP contribution in [0.4, 0.5) is 0 Å². The highest BCUT2D eigenvalue weighted by Gasteiger charge is 2.17. The minimum Gasteiger partial charge on any atom is -1.00 e. The van der Waals surface area contributed by atoms with Crippen molar-refractivity contribution >= 4 is 27.5 Å². The van der Waals surface area contributed by atoms with Crippen molar-refractivity contribution in [2.75, 3.05) is 13.7 Å². The molecule has 0 aromatic heterocycles. The lowest BCUT2D eigenvalue weighted by molar-refractivity contribution is -0.00000651. The number of methoxy groups -OCH3 is 1. The first-order valence-corrected chi connectivity index (χ1v) is 9.11. The molecule has 0 fully saturated rings. The molecule has 0 saturated carbocycles. The Balaban J connectivity index is 0.00000338.